The van der Waals surface area contributed by atoms with Crippen LogP contribution < -0.4 is 5.56 Å². The van der Waals surface area contributed by atoms with Crippen molar-refractivity contribution < 1.29 is 0 Å². The summed E-state index contributed by atoms with van der Waals surface area (Å²) in [4.78, 5) is 19.7. The van der Waals surface area contributed by atoms with Gasteiger partial charge >= 0.3 is 0 Å². The molecule has 0 saturated carbocycles. The first-order valence-corrected chi connectivity index (χ1v) is 9.45. The van der Waals surface area contributed by atoms with E-state index in [9.17, 15) is 4.79 Å². The number of benzene rings is 1. The SMILES string of the molecule is CCc1cc2c(=O)n(CCCC#N)c(Cc3ccc(Cl)cc3)nc2s1. The first kappa shape index (κ1) is 17.7. The Hall–Kier alpha value is -2.16. The molecule has 0 spiro atoms. The summed E-state index contributed by atoms with van der Waals surface area (Å²) in [7, 11) is 0. The van der Waals surface area contributed by atoms with Crippen molar-refractivity contribution in [3.05, 3.63) is 62.0 Å². The van der Waals surface area contributed by atoms with E-state index >= 15 is 0 Å². The van der Waals surface area contributed by atoms with Crippen LogP contribution in [0.3, 0.4) is 0 Å². The second-order valence-electron chi connectivity index (χ2n) is 5.83. The summed E-state index contributed by atoms with van der Waals surface area (Å²) in [6.45, 7) is 2.58. The molecule has 0 aliphatic rings. The fourth-order valence-electron chi connectivity index (χ4n) is 2.75. The van der Waals surface area contributed by atoms with Crippen LogP contribution in [0.1, 0.15) is 36.0 Å². The Kier molecular flexibility index (Phi) is 5.52. The fraction of sp³-hybridized carbons (Fsp3) is 0.316. The number of unbranched alkanes of at least 4 members (excludes halogenated alkanes) is 1. The highest BCUT2D eigenvalue weighted by Gasteiger charge is 2.14. The summed E-state index contributed by atoms with van der Waals surface area (Å²) < 4.78 is 1.72. The Labute approximate surface area is 155 Å². The Bertz CT molecular complexity index is 983. The van der Waals surface area contributed by atoms with Crippen molar-refractivity contribution in [1.82, 2.24) is 9.55 Å². The van der Waals surface area contributed by atoms with Gasteiger partial charge in [0.25, 0.3) is 5.56 Å². The van der Waals surface area contributed by atoms with E-state index in [1.165, 1.54) is 0 Å². The molecule has 0 bridgehead atoms. The maximum Gasteiger partial charge on any atom is 0.262 e. The molecule has 2 heterocycles. The van der Waals surface area contributed by atoms with Crippen LogP contribution in [0.2, 0.25) is 5.02 Å². The third kappa shape index (κ3) is 3.92. The van der Waals surface area contributed by atoms with E-state index in [0.29, 0.717) is 36.2 Å². The molecule has 0 fully saturated rings. The monoisotopic (exact) mass is 371 g/mol. The lowest BCUT2D eigenvalue weighted by molar-refractivity contribution is 0.598. The smallest absolute Gasteiger partial charge is 0.262 e. The molecule has 0 amide bonds. The summed E-state index contributed by atoms with van der Waals surface area (Å²) in [5.74, 6) is 0.738. The van der Waals surface area contributed by atoms with Crippen LogP contribution in [-0.2, 0) is 19.4 Å². The fourth-order valence-corrected chi connectivity index (χ4v) is 3.85. The van der Waals surface area contributed by atoms with Gasteiger partial charge in [-0.1, -0.05) is 30.7 Å². The highest BCUT2D eigenvalue weighted by atomic mass is 35.5. The molecule has 3 aromatic rings. The number of fused-ring (bicyclic) bond motifs is 1. The third-order valence-electron chi connectivity index (χ3n) is 4.08. The van der Waals surface area contributed by atoms with Gasteiger partial charge < -0.3 is 0 Å². The molecule has 1 aromatic carbocycles. The molecule has 0 saturated heterocycles. The Morgan fingerprint density at radius 3 is 2.76 bits per heavy atom. The van der Waals surface area contributed by atoms with Gasteiger partial charge in [-0.05, 0) is 36.6 Å². The number of thiophene rings is 1. The van der Waals surface area contributed by atoms with Gasteiger partial charge in [0.2, 0.25) is 0 Å². The number of aromatic nitrogens is 2. The van der Waals surface area contributed by atoms with E-state index in [0.717, 1.165) is 27.5 Å². The highest BCUT2D eigenvalue weighted by molar-refractivity contribution is 7.18. The summed E-state index contributed by atoms with van der Waals surface area (Å²) >= 11 is 7.53. The number of nitriles is 1. The molecule has 4 nitrogen and oxygen atoms in total. The normalized spacial score (nSPS) is 10.9. The Balaban J connectivity index is 2.06. The van der Waals surface area contributed by atoms with Gasteiger partial charge in [0.05, 0.1) is 11.5 Å². The van der Waals surface area contributed by atoms with E-state index < -0.39 is 0 Å². The molecular formula is C19H18ClN3OS. The van der Waals surface area contributed by atoms with E-state index in [1.807, 2.05) is 30.3 Å². The van der Waals surface area contributed by atoms with Crippen LogP contribution in [0.25, 0.3) is 10.2 Å². The summed E-state index contributed by atoms with van der Waals surface area (Å²) in [5.41, 5.74) is 1.04. The minimum atomic E-state index is -0.0112. The maximum absolute atomic E-state index is 12.9. The molecule has 0 radical (unpaired) electrons. The van der Waals surface area contributed by atoms with Crippen LogP contribution in [-0.4, -0.2) is 9.55 Å². The molecular weight excluding hydrogens is 354 g/mol. The standard InChI is InChI=1S/C19H18ClN3OS/c1-2-15-12-16-18(25-15)22-17(11-13-5-7-14(20)8-6-13)23(19(16)24)10-4-3-9-21/h5-8,12H,2-4,10-11H2,1H3. The molecule has 0 unspecified atom stereocenters. The van der Waals surface area contributed by atoms with Gasteiger partial charge in [-0.3, -0.25) is 9.36 Å². The zero-order valence-electron chi connectivity index (χ0n) is 14.0. The van der Waals surface area contributed by atoms with Crippen molar-refractivity contribution in [2.75, 3.05) is 0 Å². The number of hydrogen-bond acceptors (Lipinski definition) is 4. The second-order valence-corrected chi connectivity index (χ2v) is 7.39. The van der Waals surface area contributed by atoms with Gasteiger partial charge in [0, 0.05) is 29.3 Å². The van der Waals surface area contributed by atoms with Crippen molar-refractivity contribution >= 4 is 33.2 Å². The lowest BCUT2D eigenvalue weighted by Crippen LogP contribution is -2.25. The number of halogens is 1. The highest BCUT2D eigenvalue weighted by Crippen LogP contribution is 2.23. The molecule has 25 heavy (non-hydrogen) atoms. The van der Waals surface area contributed by atoms with Crippen molar-refractivity contribution in [1.29, 1.82) is 5.26 Å². The van der Waals surface area contributed by atoms with Crippen molar-refractivity contribution in [2.24, 2.45) is 0 Å². The topological polar surface area (TPSA) is 58.7 Å². The number of nitrogens with zero attached hydrogens (tertiary/aromatic N) is 3. The summed E-state index contributed by atoms with van der Waals surface area (Å²) in [6, 6.07) is 11.7. The van der Waals surface area contributed by atoms with E-state index in [1.54, 1.807) is 15.9 Å². The molecule has 6 heteroatoms. The first-order valence-electron chi connectivity index (χ1n) is 8.26. The van der Waals surface area contributed by atoms with Crippen molar-refractivity contribution in [3.8, 4) is 6.07 Å². The Morgan fingerprint density at radius 2 is 2.08 bits per heavy atom. The molecule has 0 atom stereocenters. The van der Waals surface area contributed by atoms with Gasteiger partial charge in [-0.15, -0.1) is 11.3 Å². The molecule has 0 aliphatic carbocycles. The minimum absolute atomic E-state index is 0.0112. The molecule has 128 valence electrons. The van der Waals surface area contributed by atoms with Crippen LogP contribution >= 0.6 is 22.9 Å². The van der Waals surface area contributed by atoms with E-state index in [-0.39, 0.29) is 5.56 Å². The van der Waals surface area contributed by atoms with Crippen LogP contribution in [0.4, 0.5) is 0 Å². The zero-order chi connectivity index (χ0) is 17.8. The number of hydrogen-bond donors (Lipinski definition) is 0. The van der Waals surface area contributed by atoms with Crippen LogP contribution in [0.5, 0.6) is 0 Å². The first-order chi connectivity index (χ1) is 12.1. The van der Waals surface area contributed by atoms with Gasteiger partial charge in [0.1, 0.15) is 10.7 Å². The zero-order valence-corrected chi connectivity index (χ0v) is 15.5. The lowest BCUT2D eigenvalue weighted by Gasteiger charge is -2.12. The summed E-state index contributed by atoms with van der Waals surface area (Å²) in [5, 5.41) is 10.2. The maximum atomic E-state index is 12.9. The largest absolute Gasteiger partial charge is 0.296 e. The van der Waals surface area contributed by atoms with E-state index in [2.05, 4.69) is 13.0 Å². The lowest BCUT2D eigenvalue weighted by atomic mass is 10.1. The van der Waals surface area contributed by atoms with E-state index in [4.69, 9.17) is 21.8 Å². The molecule has 0 N–H and O–H groups in total. The predicted octanol–water partition coefficient (Wildman–Crippen LogP) is 4.57. The molecule has 3 rings (SSSR count). The van der Waals surface area contributed by atoms with Gasteiger partial charge in [-0.25, -0.2) is 4.98 Å². The van der Waals surface area contributed by atoms with Crippen LogP contribution in [0.15, 0.2) is 35.1 Å². The Morgan fingerprint density at radius 1 is 1.32 bits per heavy atom. The predicted molar refractivity (Wildman–Crippen MR) is 102 cm³/mol. The second kappa shape index (κ2) is 7.81. The van der Waals surface area contributed by atoms with Gasteiger partial charge in [0.15, 0.2) is 0 Å². The molecule has 0 aliphatic heterocycles. The number of aryl methyl sites for hydroxylation is 1. The average Bonchev–Trinajstić information content (AvgIpc) is 3.03. The van der Waals surface area contributed by atoms with Crippen molar-refractivity contribution in [2.45, 2.75) is 39.2 Å². The van der Waals surface area contributed by atoms with Gasteiger partial charge in [-0.2, -0.15) is 5.26 Å². The third-order valence-corrected chi connectivity index (χ3v) is 5.50. The van der Waals surface area contributed by atoms with Crippen LogP contribution in [0, 0.1) is 11.3 Å². The molecule has 2 aromatic heterocycles. The average molecular weight is 372 g/mol. The van der Waals surface area contributed by atoms with Crippen molar-refractivity contribution in [3.63, 3.8) is 0 Å². The summed E-state index contributed by atoms with van der Waals surface area (Å²) in [6.07, 6.45) is 2.52. The quantitative estimate of drug-likeness (QED) is 0.596. The number of rotatable bonds is 6. The minimum Gasteiger partial charge on any atom is -0.296 e.